The Hall–Kier alpha value is -2.52. The largest absolute Gasteiger partial charge is 0.310 e. The predicted octanol–water partition coefficient (Wildman–Crippen LogP) is 3.74. The van der Waals surface area contributed by atoms with Gasteiger partial charge in [-0.15, -0.1) is 0 Å². The quantitative estimate of drug-likeness (QED) is 0.521. The van der Waals surface area contributed by atoms with Crippen LogP contribution < -0.4 is 5.32 Å². The zero-order chi connectivity index (χ0) is 24.5. The van der Waals surface area contributed by atoms with Crippen LogP contribution in [0, 0.1) is 0 Å². The fourth-order valence-corrected chi connectivity index (χ4v) is 9.58. The number of fused-ring (bicyclic) bond motifs is 1. The molecule has 2 aliphatic heterocycles. The molecule has 2 aliphatic rings. The van der Waals surface area contributed by atoms with Crippen LogP contribution in [0.5, 0.6) is 0 Å². The van der Waals surface area contributed by atoms with E-state index in [4.69, 9.17) is 0 Å². The van der Waals surface area contributed by atoms with Crippen LogP contribution in [0.3, 0.4) is 0 Å². The molecule has 8 heteroatoms. The zero-order valence-corrected chi connectivity index (χ0v) is 21.1. The molecule has 0 spiro atoms. The first kappa shape index (κ1) is 24.2. The van der Waals surface area contributed by atoms with Crippen molar-refractivity contribution in [3.8, 4) is 0 Å². The van der Waals surface area contributed by atoms with Crippen molar-refractivity contribution in [1.29, 1.82) is 0 Å². The third-order valence-corrected chi connectivity index (χ3v) is 11.1. The lowest BCUT2D eigenvalue weighted by molar-refractivity contribution is 0.190. The molecular formula is C27H30N2O4S2. The second-order valence-electron chi connectivity index (χ2n) is 9.37. The number of piperidine rings is 1. The van der Waals surface area contributed by atoms with Crippen molar-refractivity contribution in [2.24, 2.45) is 0 Å². The monoisotopic (exact) mass is 510 g/mol. The molecule has 35 heavy (non-hydrogen) atoms. The summed E-state index contributed by atoms with van der Waals surface area (Å²) in [6, 6.07) is 24.0. The summed E-state index contributed by atoms with van der Waals surface area (Å²) in [6.07, 6.45) is 1.98. The predicted molar refractivity (Wildman–Crippen MR) is 136 cm³/mol. The lowest BCUT2D eigenvalue weighted by Gasteiger charge is -2.32. The van der Waals surface area contributed by atoms with Crippen LogP contribution in [-0.4, -0.2) is 46.6 Å². The highest BCUT2D eigenvalue weighted by molar-refractivity contribution is 7.96. The van der Waals surface area contributed by atoms with Gasteiger partial charge in [-0.3, -0.25) is 4.90 Å². The van der Waals surface area contributed by atoms with Crippen LogP contribution in [0.25, 0.3) is 0 Å². The van der Waals surface area contributed by atoms with Gasteiger partial charge in [-0.1, -0.05) is 60.7 Å². The number of likely N-dealkylation sites (tertiary alicyclic amines) is 1. The van der Waals surface area contributed by atoms with Gasteiger partial charge < -0.3 is 5.32 Å². The first-order valence-corrected chi connectivity index (χ1v) is 15.2. The summed E-state index contributed by atoms with van der Waals surface area (Å²) in [7, 11) is -7.50. The second kappa shape index (κ2) is 9.85. The van der Waals surface area contributed by atoms with Crippen molar-refractivity contribution in [3.05, 3.63) is 95.6 Å². The van der Waals surface area contributed by atoms with Gasteiger partial charge in [0.25, 0.3) is 0 Å². The molecule has 184 valence electrons. The van der Waals surface area contributed by atoms with E-state index in [9.17, 15) is 16.8 Å². The van der Waals surface area contributed by atoms with Gasteiger partial charge in [-0.2, -0.15) is 0 Å². The van der Waals surface area contributed by atoms with Crippen molar-refractivity contribution in [2.45, 2.75) is 47.0 Å². The Kier molecular flexibility index (Phi) is 6.81. The minimum Gasteiger partial charge on any atom is -0.310 e. The third-order valence-electron chi connectivity index (χ3n) is 7.05. The van der Waals surface area contributed by atoms with E-state index in [1.54, 1.807) is 24.3 Å². The maximum Gasteiger partial charge on any atom is 0.186 e. The van der Waals surface area contributed by atoms with Crippen LogP contribution in [-0.2, 0) is 32.8 Å². The first-order valence-electron chi connectivity index (χ1n) is 12.0. The van der Waals surface area contributed by atoms with Gasteiger partial charge in [-0.25, -0.2) is 16.8 Å². The van der Waals surface area contributed by atoms with Crippen LogP contribution in [0.4, 0.5) is 0 Å². The van der Waals surface area contributed by atoms with Crippen molar-refractivity contribution in [1.82, 2.24) is 10.2 Å². The van der Waals surface area contributed by atoms with Gasteiger partial charge >= 0.3 is 0 Å². The lowest BCUT2D eigenvalue weighted by Crippen LogP contribution is -2.42. The SMILES string of the molecule is O=S1(=O)CC(S(=O)(=O)c2ccccc2)c2c(CNC3CCN(Cc4ccccc4)CC3)cccc21. The number of hydrogen-bond acceptors (Lipinski definition) is 6. The molecule has 3 aromatic carbocycles. The first-order chi connectivity index (χ1) is 16.8. The Morgan fingerprint density at radius 3 is 2.20 bits per heavy atom. The molecule has 1 unspecified atom stereocenters. The molecule has 3 aromatic rings. The Morgan fingerprint density at radius 2 is 1.51 bits per heavy atom. The van der Waals surface area contributed by atoms with Gasteiger partial charge in [0.2, 0.25) is 0 Å². The molecule has 2 heterocycles. The molecule has 6 nitrogen and oxygen atoms in total. The van der Waals surface area contributed by atoms with Gasteiger partial charge in [0.15, 0.2) is 19.7 Å². The minimum absolute atomic E-state index is 0.152. The van der Waals surface area contributed by atoms with Gasteiger partial charge in [0, 0.05) is 19.1 Å². The fourth-order valence-electron chi connectivity index (χ4n) is 5.16. The molecule has 1 saturated heterocycles. The van der Waals surface area contributed by atoms with E-state index in [2.05, 4.69) is 34.5 Å². The van der Waals surface area contributed by atoms with Crippen LogP contribution in [0.2, 0.25) is 0 Å². The number of nitrogens with zero attached hydrogens (tertiary/aromatic N) is 1. The Balaban J connectivity index is 1.31. The van der Waals surface area contributed by atoms with Gasteiger partial charge in [0.05, 0.1) is 15.5 Å². The number of sulfone groups is 2. The van der Waals surface area contributed by atoms with Crippen molar-refractivity contribution >= 4 is 19.7 Å². The number of hydrogen-bond donors (Lipinski definition) is 1. The summed E-state index contributed by atoms with van der Waals surface area (Å²) in [5, 5.41) is 2.49. The van der Waals surface area contributed by atoms with Crippen LogP contribution in [0.15, 0.2) is 88.7 Å². The molecule has 0 radical (unpaired) electrons. The Morgan fingerprint density at radius 1 is 0.857 bits per heavy atom. The van der Waals surface area contributed by atoms with Crippen molar-refractivity contribution in [3.63, 3.8) is 0 Å². The molecule has 1 N–H and O–H groups in total. The minimum atomic E-state index is -3.84. The zero-order valence-electron chi connectivity index (χ0n) is 19.5. The normalized spacial score (nSPS) is 20.5. The average molecular weight is 511 g/mol. The Bertz CT molecular complexity index is 1380. The molecule has 1 fully saturated rings. The summed E-state index contributed by atoms with van der Waals surface area (Å²) >= 11 is 0. The van der Waals surface area contributed by atoms with Crippen molar-refractivity contribution in [2.75, 3.05) is 18.8 Å². The molecule has 0 amide bonds. The van der Waals surface area contributed by atoms with E-state index in [1.807, 2.05) is 12.1 Å². The molecule has 1 atom stereocenters. The van der Waals surface area contributed by atoms with E-state index in [-0.39, 0.29) is 9.79 Å². The van der Waals surface area contributed by atoms with Crippen LogP contribution in [0.1, 0.15) is 34.8 Å². The van der Waals surface area contributed by atoms with Gasteiger partial charge in [-0.05, 0) is 60.8 Å². The van der Waals surface area contributed by atoms with Crippen molar-refractivity contribution < 1.29 is 16.8 Å². The maximum absolute atomic E-state index is 13.4. The van der Waals surface area contributed by atoms with Crippen LogP contribution >= 0.6 is 0 Å². The van der Waals surface area contributed by atoms with Gasteiger partial charge in [0.1, 0.15) is 5.25 Å². The highest BCUT2D eigenvalue weighted by Gasteiger charge is 2.44. The molecule has 0 bridgehead atoms. The smallest absolute Gasteiger partial charge is 0.186 e. The highest BCUT2D eigenvalue weighted by Crippen LogP contribution is 2.43. The van der Waals surface area contributed by atoms with E-state index in [0.29, 0.717) is 18.2 Å². The second-order valence-corrected chi connectivity index (χ2v) is 13.5. The number of benzene rings is 3. The topological polar surface area (TPSA) is 83.5 Å². The molecule has 0 aliphatic carbocycles. The summed E-state index contributed by atoms with van der Waals surface area (Å²) in [4.78, 5) is 2.75. The molecule has 5 rings (SSSR count). The fraction of sp³-hybridized carbons (Fsp3) is 0.333. The van der Waals surface area contributed by atoms with E-state index in [0.717, 1.165) is 38.0 Å². The summed E-state index contributed by atoms with van der Waals surface area (Å²) < 4.78 is 52.7. The summed E-state index contributed by atoms with van der Waals surface area (Å²) in [5.41, 5.74) is 2.50. The Labute approximate surface area is 207 Å². The third kappa shape index (κ3) is 5.07. The lowest BCUT2D eigenvalue weighted by atomic mass is 10.0. The standard InChI is InChI=1S/C27H30N2O4S2/c30-34(31)20-26(35(32,33)24-11-5-2-6-12-24)27-22(10-7-13-25(27)34)18-28-23-14-16-29(17-15-23)19-21-8-3-1-4-9-21/h1-13,23,26,28H,14-20H2. The molecular weight excluding hydrogens is 480 g/mol. The average Bonchev–Trinajstić information content (AvgIpc) is 3.17. The highest BCUT2D eigenvalue weighted by atomic mass is 32.2. The summed E-state index contributed by atoms with van der Waals surface area (Å²) in [5.74, 6) is -0.408. The number of nitrogens with one attached hydrogen (secondary N) is 1. The summed E-state index contributed by atoms with van der Waals surface area (Å²) in [6.45, 7) is 3.36. The number of rotatable bonds is 7. The van der Waals surface area contributed by atoms with E-state index < -0.39 is 30.7 Å². The maximum atomic E-state index is 13.4. The molecule has 0 aromatic heterocycles. The molecule has 0 saturated carbocycles. The van der Waals surface area contributed by atoms with E-state index in [1.165, 1.54) is 23.8 Å². The van der Waals surface area contributed by atoms with E-state index >= 15 is 0 Å².